The zero-order chi connectivity index (χ0) is 20.6. The molecule has 3 aromatic rings. The summed E-state index contributed by atoms with van der Waals surface area (Å²) in [5, 5.41) is 20.2. The Morgan fingerprint density at radius 3 is 2.14 bits per heavy atom. The number of hydrogen-bond acceptors (Lipinski definition) is 4. The highest BCUT2D eigenvalue weighted by molar-refractivity contribution is 6.10. The Balaban J connectivity index is 1.69. The Bertz CT molecular complexity index is 1070. The predicted molar refractivity (Wildman–Crippen MR) is 114 cm³/mol. The number of aromatic carboxylic acids is 1. The van der Waals surface area contributed by atoms with Crippen molar-refractivity contribution < 1.29 is 14.7 Å². The largest absolute Gasteiger partial charge is 0.478 e. The van der Waals surface area contributed by atoms with Gasteiger partial charge in [-0.2, -0.15) is 10.2 Å². The Kier molecular flexibility index (Phi) is 6.27. The summed E-state index contributed by atoms with van der Waals surface area (Å²) in [5.74, 6) is -1.62. The van der Waals surface area contributed by atoms with Crippen LogP contribution in [0.25, 0.3) is 0 Å². The Morgan fingerprint density at radius 2 is 1.48 bits per heavy atom. The number of carboxylic acid groups (broad SMARTS) is 1. The van der Waals surface area contributed by atoms with Gasteiger partial charge in [-0.1, -0.05) is 54.6 Å². The minimum Gasteiger partial charge on any atom is -0.478 e. The number of nitrogens with zero attached hydrogens (tertiary/aromatic N) is 2. The summed E-state index contributed by atoms with van der Waals surface area (Å²) in [5.41, 5.74) is 3.17. The van der Waals surface area contributed by atoms with Gasteiger partial charge >= 0.3 is 5.97 Å². The first kappa shape index (κ1) is 19.7. The lowest BCUT2D eigenvalue weighted by molar-refractivity contribution is 0.0692. The fourth-order valence-corrected chi connectivity index (χ4v) is 2.64. The summed E-state index contributed by atoms with van der Waals surface area (Å²) < 4.78 is 0. The highest BCUT2D eigenvalue weighted by Gasteiger charge is 2.15. The van der Waals surface area contributed by atoms with Gasteiger partial charge < -0.3 is 10.4 Å². The molecule has 0 aliphatic rings. The van der Waals surface area contributed by atoms with E-state index in [1.54, 1.807) is 30.5 Å². The fourth-order valence-electron chi connectivity index (χ4n) is 2.64. The van der Waals surface area contributed by atoms with Crippen molar-refractivity contribution in [3.63, 3.8) is 0 Å². The van der Waals surface area contributed by atoms with E-state index in [0.29, 0.717) is 5.69 Å². The van der Waals surface area contributed by atoms with E-state index in [9.17, 15) is 14.7 Å². The van der Waals surface area contributed by atoms with Gasteiger partial charge in [-0.3, -0.25) is 4.79 Å². The Labute approximate surface area is 168 Å². The van der Waals surface area contributed by atoms with E-state index in [1.807, 2.05) is 49.4 Å². The molecule has 0 aliphatic heterocycles. The maximum atomic E-state index is 12.4. The molecule has 0 atom stereocenters. The van der Waals surface area contributed by atoms with Crippen LogP contribution in [0.1, 0.15) is 38.8 Å². The average molecular weight is 385 g/mol. The summed E-state index contributed by atoms with van der Waals surface area (Å²) in [4.78, 5) is 23.7. The van der Waals surface area contributed by atoms with Crippen LogP contribution < -0.4 is 5.32 Å². The van der Waals surface area contributed by atoms with E-state index in [0.717, 1.165) is 16.8 Å². The molecule has 0 aliphatic carbocycles. The molecule has 0 heterocycles. The molecule has 0 saturated carbocycles. The van der Waals surface area contributed by atoms with Gasteiger partial charge in [0.05, 0.1) is 23.1 Å². The van der Waals surface area contributed by atoms with Crippen LogP contribution in [0.15, 0.2) is 89.1 Å². The summed E-state index contributed by atoms with van der Waals surface area (Å²) in [6.07, 6.45) is 1.68. The number of rotatable bonds is 6. The Hall–Kier alpha value is -4.06. The highest BCUT2D eigenvalue weighted by Crippen LogP contribution is 2.15. The van der Waals surface area contributed by atoms with Crippen LogP contribution >= 0.6 is 0 Å². The van der Waals surface area contributed by atoms with E-state index in [4.69, 9.17) is 0 Å². The molecule has 0 bridgehead atoms. The van der Waals surface area contributed by atoms with Gasteiger partial charge in [0.25, 0.3) is 5.91 Å². The monoisotopic (exact) mass is 385 g/mol. The molecule has 0 spiro atoms. The molecule has 0 unspecified atom stereocenters. The van der Waals surface area contributed by atoms with Crippen molar-refractivity contribution in [2.24, 2.45) is 10.2 Å². The predicted octanol–water partition coefficient (Wildman–Crippen LogP) is 4.48. The average Bonchev–Trinajstić information content (AvgIpc) is 2.75. The molecule has 3 rings (SSSR count). The minimum atomic E-state index is -1.14. The molecule has 6 heteroatoms. The van der Waals surface area contributed by atoms with Gasteiger partial charge in [-0.05, 0) is 42.3 Å². The molecule has 144 valence electrons. The standard InChI is InChI=1S/C23H19N3O3/c1-16(26-24-15-17-7-3-2-4-8-17)18-11-13-19(14-12-18)25-22(27)20-9-5-6-10-21(20)23(28)29/h2-15H,1H3,(H,25,27)(H,28,29)/b24-15+,26-16+. The van der Waals surface area contributed by atoms with E-state index in [-0.39, 0.29) is 11.1 Å². The number of hydrogen-bond donors (Lipinski definition) is 2. The number of carbonyl (C=O) groups excluding carboxylic acids is 1. The van der Waals surface area contributed by atoms with Crippen molar-refractivity contribution in [1.29, 1.82) is 0 Å². The topological polar surface area (TPSA) is 91.1 Å². The van der Waals surface area contributed by atoms with Crippen LogP contribution in [-0.2, 0) is 0 Å². The van der Waals surface area contributed by atoms with E-state index in [2.05, 4.69) is 15.5 Å². The molecule has 3 aromatic carbocycles. The fraction of sp³-hybridized carbons (Fsp3) is 0.0435. The second-order valence-corrected chi connectivity index (χ2v) is 6.22. The second kappa shape index (κ2) is 9.23. The SMILES string of the molecule is C/C(=N\N=C\c1ccccc1)c1ccc(NC(=O)c2ccccc2C(=O)O)cc1. The lowest BCUT2D eigenvalue weighted by atomic mass is 10.1. The minimum absolute atomic E-state index is 0.0409. The number of anilines is 1. The lowest BCUT2D eigenvalue weighted by Crippen LogP contribution is -2.16. The van der Waals surface area contributed by atoms with Crippen molar-refractivity contribution >= 4 is 29.5 Å². The normalized spacial score (nSPS) is 11.4. The Morgan fingerprint density at radius 1 is 0.862 bits per heavy atom. The first-order chi connectivity index (χ1) is 14.0. The van der Waals surface area contributed by atoms with Gasteiger partial charge in [0, 0.05) is 5.69 Å². The lowest BCUT2D eigenvalue weighted by Gasteiger charge is -2.08. The third-order valence-corrected chi connectivity index (χ3v) is 4.18. The highest BCUT2D eigenvalue weighted by atomic mass is 16.4. The number of amides is 1. The van der Waals surface area contributed by atoms with Gasteiger partial charge in [0.1, 0.15) is 0 Å². The van der Waals surface area contributed by atoms with Crippen LogP contribution in [-0.4, -0.2) is 28.9 Å². The van der Waals surface area contributed by atoms with Crippen molar-refractivity contribution in [2.75, 3.05) is 5.32 Å². The molecule has 0 saturated heterocycles. The quantitative estimate of drug-likeness (QED) is 0.484. The summed E-state index contributed by atoms with van der Waals surface area (Å²) >= 11 is 0. The molecule has 2 N–H and O–H groups in total. The smallest absolute Gasteiger partial charge is 0.336 e. The molecule has 29 heavy (non-hydrogen) atoms. The summed E-state index contributed by atoms with van der Waals surface area (Å²) in [7, 11) is 0. The third-order valence-electron chi connectivity index (χ3n) is 4.18. The van der Waals surface area contributed by atoms with Crippen LogP contribution in [0, 0.1) is 0 Å². The van der Waals surface area contributed by atoms with Gasteiger partial charge in [0.2, 0.25) is 0 Å². The second-order valence-electron chi connectivity index (χ2n) is 6.22. The molecular weight excluding hydrogens is 366 g/mol. The molecule has 0 radical (unpaired) electrons. The number of benzene rings is 3. The van der Waals surface area contributed by atoms with E-state index >= 15 is 0 Å². The molecule has 1 amide bonds. The maximum absolute atomic E-state index is 12.4. The summed E-state index contributed by atoms with van der Waals surface area (Å²) in [6, 6.07) is 22.9. The number of nitrogens with one attached hydrogen (secondary N) is 1. The maximum Gasteiger partial charge on any atom is 0.336 e. The van der Waals surface area contributed by atoms with Crippen molar-refractivity contribution in [3.8, 4) is 0 Å². The molecular formula is C23H19N3O3. The third kappa shape index (κ3) is 5.23. The van der Waals surface area contributed by atoms with Crippen molar-refractivity contribution in [3.05, 3.63) is 101 Å². The molecule has 0 fully saturated rings. The van der Waals surface area contributed by atoms with Crippen LogP contribution in [0.3, 0.4) is 0 Å². The van der Waals surface area contributed by atoms with Gasteiger partial charge in [-0.15, -0.1) is 0 Å². The van der Waals surface area contributed by atoms with E-state index in [1.165, 1.54) is 12.1 Å². The van der Waals surface area contributed by atoms with Crippen LogP contribution in [0.4, 0.5) is 5.69 Å². The van der Waals surface area contributed by atoms with Gasteiger partial charge in [0.15, 0.2) is 0 Å². The van der Waals surface area contributed by atoms with Gasteiger partial charge in [-0.25, -0.2) is 4.79 Å². The molecule has 0 aromatic heterocycles. The number of carboxylic acids is 1. The van der Waals surface area contributed by atoms with Crippen molar-refractivity contribution in [1.82, 2.24) is 0 Å². The van der Waals surface area contributed by atoms with E-state index < -0.39 is 11.9 Å². The van der Waals surface area contributed by atoms with Crippen LogP contribution in [0.2, 0.25) is 0 Å². The van der Waals surface area contributed by atoms with Crippen LogP contribution in [0.5, 0.6) is 0 Å². The van der Waals surface area contributed by atoms with Crippen molar-refractivity contribution in [2.45, 2.75) is 6.92 Å². The molecule has 6 nitrogen and oxygen atoms in total. The first-order valence-corrected chi connectivity index (χ1v) is 8.91. The number of carbonyl (C=O) groups is 2. The zero-order valence-corrected chi connectivity index (χ0v) is 15.7. The summed E-state index contributed by atoms with van der Waals surface area (Å²) in [6.45, 7) is 1.85. The zero-order valence-electron chi connectivity index (χ0n) is 15.7. The first-order valence-electron chi connectivity index (χ1n) is 8.91.